The van der Waals surface area contributed by atoms with E-state index in [0.29, 0.717) is 22.2 Å². The minimum Gasteiger partial charge on any atom is -0.461 e. The van der Waals surface area contributed by atoms with Gasteiger partial charge in [-0.1, -0.05) is 11.3 Å². The lowest BCUT2D eigenvalue weighted by Gasteiger charge is -2.03. The van der Waals surface area contributed by atoms with E-state index in [1.807, 2.05) is 36.0 Å². The molecule has 0 spiro atoms. The van der Waals surface area contributed by atoms with E-state index in [-0.39, 0.29) is 30.7 Å². The first-order valence-corrected chi connectivity index (χ1v) is 10.6. The van der Waals surface area contributed by atoms with Gasteiger partial charge in [-0.15, -0.1) is 5.10 Å². The lowest BCUT2D eigenvalue weighted by atomic mass is 10.4. The Hall–Kier alpha value is -3.40. The van der Waals surface area contributed by atoms with Crippen molar-refractivity contribution in [2.75, 3.05) is 6.54 Å². The molecule has 9 nitrogen and oxygen atoms in total. The van der Waals surface area contributed by atoms with Gasteiger partial charge < -0.3 is 14.3 Å². The standard InChI is InChI=1S/C20H20N6O3S/c1-13-16(30-19(22-13)24-9-2-3-10-24)18(27)21-8-11-25-20(28)26(14-6-7-14)17(23-25)15-5-4-12-29-15/h2-5,9-10,12,14H,6-8,11H2,1H3,(H,21,27). The number of carbonyl (C=O) groups excluding carboxylic acids is 1. The Morgan fingerprint density at radius 3 is 2.80 bits per heavy atom. The SMILES string of the molecule is Cc1nc(-n2cccc2)sc1C(=O)NCCn1nc(-c2ccco2)n(C2CC2)c1=O. The number of nitrogens with zero attached hydrogens (tertiary/aromatic N) is 5. The average Bonchev–Trinajstić information content (AvgIpc) is 3.19. The number of furan rings is 1. The van der Waals surface area contributed by atoms with Crippen LogP contribution in [0.1, 0.15) is 34.2 Å². The van der Waals surface area contributed by atoms with Crippen LogP contribution in [0.2, 0.25) is 0 Å². The molecule has 0 bridgehead atoms. The number of rotatable bonds is 7. The van der Waals surface area contributed by atoms with Crippen LogP contribution in [-0.2, 0) is 6.54 Å². The van der Waals surface area contributed by atoms with Crippen molar-refractivity contribution in [3.05, 3.63) is 64.0 Å². The highest BCUT2D eigenvalue weighted by atomic mass is 32.1. The second-order valence-electron chi connectivity index (χ2n) is 7.16. The van der Waals surface area contributed by atoms with Gasteiger partial charge in [-0.2, -0.15) is 0 Å². The molecule has 10 heteroatoms. The summed E-state index contributed by atoms with van der Waals surface area (Å²) in [6, 6.07) is 7.56. The van der Waals surface area contributed by atoms with Gasteiger partial charge in [0.05, 0.1) is 18.5 Å². The first-order valence-electron chi connectivity index (χ1n) is 9.74. The van der Waals surface area contributed by atoms with Gasteiger partial charge in [0.1, 0.15) is 4.88 Å². The fraction of sp³-hybridized carbons (Fsp3) is 0.300. The summed E-state index contributed by atoms with van der Waals surface area (Å²) in [4.78, 5) is 30.4. The number of aromatic nitrogens is 5. The Morgan fingerprint density at radius 1 is 1.30 bits per heavy atom. The van der Waals surface area contributed by atoms with E-state index in [1.54, 1.807) is 23.0 Å². The molecule has 4 aromatic rings. The van der Waals surface area contributed by atoms with Crippen LogP contribution in [0.3, 0.4) is 0 Å². The second-order valence-corrected chi connectivity index (χ2v) is 8.14. The average molecular weight is 424 g/mol. The van der Waals surface area contributed by atoms with Gasteiger partial charge in [-0.25, -0.2) is 14.5 Å². The van der Waals surface area contributed by atoms with Crippen LogP contribution in [0.5, 0.6) is 0 Å². The zero-order valence-corrected chi connectivity index (χ0v) is 17.1. The molecule has 0 unspecified atom stereocenters. The Morgan fingerprint density at radius 2 is 2.10 bits per heavy atom. The normalized spacial score (nSPS) is 13.6. The van der Waals surface area contributed by atoms with E-state index < -0.39 is 0 Å². The zero-order chi connectivity index (χ0) is 20.7. The van der Waals surface area contributed by atoms with Crippen molar-refractivity contribution >= 4 is 17.2 Å². The maximum atomic E-state index is 12.8. The van der Waals surface area contributed by atoms with Gasteiger partial charge in [-0.3, -0.25) is 9.36 Å². The molecule has 1 aliphatic carbocycles. The quantitative estimate of drug-likeness (QED) is 0.492. The molecular formula is C20H20N6O3S. The predicted octanol–water partition coefficient (Wildman–Crippen LogP) is 2.63. The van der Waals surface area contributed by atoms with Crippen molar-refractivity contribution in [1.82, 2.24) is 29.2 Å². The molecule has 0 aromatic carbocycles. The first kappa shape index (κ1) is 18.6. The molecule has 1 aliphatic rings. The Kier molecular flexibility index (Phi) is 4.62. The summed E-state index contributed by atoms with van der Waals surface area (Å²) < 4.78 is 10.4. The molecule has 154 valence electrons. The highest BCUT2D eigenvalue weighted by Gasteiger charge is 2.31. The van der Waals surface area contributed by atoms with Gasteiger partial charge in [0.25, 0.3) is 5.91 Å². The molecule has 1 fully saturated rings. The largest absolute Gasteiger partial charge is 0.461 e. The predicted molar refractivity (Wildman–Crippen MR) is 111 cm³/mol. The molecule has 1 amide bonds. The van der Waals surface area contributed by atoms with Crippen LogP contribution in [0.25, 0.3) is 16.7 Å². The summed E-state index contributed by atoms with van der Waals surface area (Å²) in [6.07, 6.45) is 7.27. The molecular weight excluding hydrogens is 404 g/mol. The van der Waals surface area contributed by atoms with Crippen molar-refractivity contribution in [2.45, 2.75) is 32.4 Å². The van der Waals surface area contributed by atoms with E-state index in [4.69, 9.17) is 4.42 Å². The van der Waals surface area contributed by atoms with Crippen LogP contribution < -0.4 is 11.0 Å². The maximum absolute atomic E-state index is 12.8. The van der Waals surface area contributed by atoms with Gasteiger partial charge in [0.2, 0.25) is 5.82 Å². The Labute approximate surface area is 175 Å². The summed E-state index contributed by atoms with van der Waals surface area (Å²) in [5.41, 5.74) is 0.499. The number of hydrogen-bond donors (Lipinski definition) is 1. The fourth-order valence-corrected chi connectivity index (χ4v) is 4.27. The molecule has 0 saturated heterocycles. The monoisotopic (exact) mass is 424 g/mol. The molecule has 1 N–H and O–H groups in total. The zero-order valence-electron chi connectivity index (χ0n) is 16.3. The minimum absolute atomic E-state index is 0.174. The summed E-state index contributed by atoms with van der Waals surface area (Å²) in [5, 5.41) is 8.06. The topological polar surface area (TPSA) is 99.9 Å². The molecule has 4 heterocycles. The lowest BCUT2D eigenvalue weighted by Crippen LogP contribution is -2.32. The first-order chi connectivity index (χ1) is 14.6. The maximum Gasteiger partial charge on any atom is 0.346 e. The van der Waals surface area contributed by atoms with Gasteiger partial charge in [0, 0.05) is 25.0 Å². The number of carbonyl (C=O) groups is 1. The van der Waals surface area contributed by atoms with Gasteiger partial charge >= 0.3 is 5.69 Å². The van der Waals surface area contributed by atoms with Gasteiger partial charge in [0.15, 0.2) is 10.9 Å². The lowest BCUT2D eigenvalue weighted by molar-refractivity contribution is 0.0955. The molecule has 1 saturated carbocycles. The van der Waals surface area contributed by atoms with Crippen molar-refractivity contribution in [3.8, 4) is 16.7 Å². The molecule has 0 aliphatic heterocycles. The Balaban J connectivity index is 1.29. The molecule has 0 atom stereocenters. The summed E-state index contributed by atoms with van der Waals surface area (Å²) >= 11 is 1.33. The molecule has 30 heavy (non-hydrogen) atoms. The third-order valence-electron chi connectivity index (χ3n) is 4.95. The van der Waals surface area contributed by atoms with E-state index >= 15 is 0 Å². The minimum atomic E-state index is -0.204. The smallest absolute Gasteiger partial charge is 0.346 e. The van der Waals surface area contributed by atoms with E-state index in [0.717, 1.165) is 18.0 Å². The van der Waals surface area contributed by atoms with Crippen molar-refractivity contribution in [3.63, 3.8) is 0 Å². The third-order valence-corrected chi connectivity index (χ3v) is 6.12. The number of thiazole rings is 1. The van der Waals surface area contributed by atoms with Crippen LogP contribution >= 0.6 is 11.3 Å². The van der Waals surface area contributed by atoms with Crippen molar-refractivity contribution < 1.29 is 9.21 Å². The number of hydrogen-bond acceptors (Lipinski definition) is 6. The van der Waals surface area contributed by atoms with Gasteiger partial charge in [-0.05, 0) is 44.0 Å². The van der Waals surface area contributed by atoms with Crippen LogP contribution in [-0.4, -0.2) is 36.4 Å². The third kappa shape index (κ3) is 3.39. The van der Waals surface area contributed by atoms with Crippen LogP contribution in [0.4, 0.5) is 0 Å². The summed E-state index contributed by atoms with van der Waals surface area (Å²) in [7, 11) is 0. The number of amides is 1. The summed E-state index contributed by atoms with van der Waals surface area (Å²) in [6.45, 7) is 2.38. The van der Waals surface area contributed by atoms with E-state index in [2.05, 4.69) is 15.4 Å². The second kappa shape index (κ2) is 7.45. The van der Waals surface area contributed by atoms with Crippen molar-refractivity contribution in [1.29, 1.82) is 0 Å². The summed E-state index contributed by atoms with van der Waals surface area (Å²) in [5.74, 6) is 0.900. The highest BCUT2D eigenvalue weighted by Crippen LogP contribution is 2.36. The Bertz CT molecular complexity index is 1230. The molecule has 5 rings (SSSR count). The van der Waals surface area contributed by atoms with Crippen LogP contribution in [0, 0.1) is 6.92 Å². The molecule has 0 radical (unpaired) electrons. The van der Waals surface area contributed by atoms with Crippen molar-refractivity contribution in [2.24, 2.45) is 0 Å². The fourth-order valence-electron chi connectivity index (χ4n) is 3.32. The van der Waals surface area contributed by atoms with E-state index in [1.165, 1.54) is 16.0 Å². The van der Waals surface area contributed by atoms with Crippen LogP contribution in [0.15, 0.2) is 52.1 Å². The van der Waals surface area contributed by atoms with E-state index in [9.17, 15) is 9.59 Å². The number of nitrogens with one attached hydrogen (secondary N) is 1. The highest BCUT2D eigenvalue weighted by molar-refractivity contribution is 7.16. The molecule has 4 aromatic heterocycles. The number of aryl methyl sites for hydroxylation is 1.